The van der Waals surface area contributed by atoms with Crippen LogP contribution in [0, 0.1) is 20.6 Å². The zero-order valence-electron chi connectivity index (χ0n) is 12.5. The summed E-state index contributed by atoms with van der Waals surface area (Å²) in [6, 6.07) is 0. The van der Waals surface area contributed by atoms with Crippen molar-refractivity contribution in [2.45, 2.75) is 57.9 Å². The molecule has 0 saturated heterocycles. The molecule has 4 heteroatoms. The van der Waals surface area contributed by atoms with Crippen molar-refractivity contribution in [2.75, 3.05) is 0 Å². The van der Waals surface area contributed by atoms with Crippen molar-refractivity contribution in [1.29, 1.82) is 0 Å². The first kappa shape index (κ1) is 17.4. The Morgan fingerprint density at radius 3 is 1.29 bits per heavy atom. The maximum absolute atomic E-state index is 6.77. The predicted molar refractivity (Wildman–Crippen MR) is 88.9 cm³/mol. The van der Waals surface area contributed by atoms with Crippen LogP contribution >= 0.6 is 10.0 Å². The van der Waals surface area contributed by atoms with Crippen molar-refractivity contribution in [3.63, 3.8) is 0 Å². The molecule has 0 aliphatic rings. The Labute approximate surface area is 116 Å². The van der Waals surface area contributed by atoms with E-state index in [1.165, 1.54) is 0 Å². The average molecular weight is 346 g/mol. The summed E-state index contributed by atoms with van der Waals surface area (Å²) >= 11 is -2.77. The van der Waals surface area contributed by atoms with E-state index in [9.17, 15) is 0 Å². The third-order valence-corrected chi connectivity index (χ3v) is 13.5. The second-order valence-corrected chi connectivity index (χ2v) is 25.9. The summed E-state index contributed by atoms with van der Waals surface area (Å²) < 4.78 is 7.28. The molecule has 0 N–H and O–H groups in total. The van der Waals surface area contributed by atoms with E-state index < -0.39 is 28.5 Å². The Bertz CT molecular complexity index is 348. The minimum atomic E-state index is -2.77. The normalized spacial score (nSPS) is 12.6. The summed E-state index contributed by atoms with van der Waals surface area (Å²) in [5.74, 6) is 0. The molecule has 0 amide bonds. The summed E-state index contributed by atoms with van der Waals surface area (Å²) in [5.41, 5.74) is 6.87. The summed E-state index contributed by atoms with van der Waals surface area (Å²) in [6.45, 7) is 17.9. The molecule has 17 heavy (non-hydrogen) atoms. The molecule has 0 aromatic heterocycles. The molecule has 0 aliphatic carbocycles. The van der Waals surface area contributed by atoms with Crippen LogP contribution in [0.3, 0.4) is 0 Å². The molecular formula is C13H25ClGeSi2. The maximum atomic E-state index is 6.77. The van der Waals surface area contributed by atoms with Gasteiger partial charge in [0.1, 0.15) is 0 Å². The molecule has 0 heterocycles. The van der Waals surface area contributed by atoms with E-state index in [0.717, 1.165) is 0 Å². The van der Waals surface area contributed by atoms with Crippen LogP contribution in [0.25, 0.3) is 0 Å². The number of hydrogen-bond donors (Lipinski definition) is 0. The van der Waals surface area contributed by atoms with Crippen LogP contribution in [0.1, 0.15) is 13.8 Å². The number of halogens is 1. The van der Waals surface area contributed by atoms with Gasteiger partial charge in [-0.2, -0.15) is 0 Å². The van der Waals surface area contributed by atoms with Crippen molar-refractivity contribution >= 4 is 38.5 Å². The minimum absolute atomic E-state index is 0.435. The van der Waals surface area contributed by atoms with Gasteiger partial charge in [0.25, 0.3) is 0 Å². The molecule has 0 nitrogen and oxygen atoms in total. The fraction of sp³-hybridized carbons (Fsp3) is 0.692. The van der Waals surface area contributed by atoms with Crippen LogP contribution < -0.4 is 0 Å². The Morgan fingerprint density at radius 2 is 1.12 bits per heavy atom. The van der Waals surface area contributed by atoms with Gasteiger partial charge < -0.3 is 0 Å². The van der Waals surface area contributed by atoms with Crippen LogP contribution in [0.2, 0.25) is 44.0 Å². The average Bonchev–Trinajstić information content (AvgIpc) is 2.09. The second-order valence-electron chi connectivity index (χ2n) is 6.87. The monoisotopic (exact) mass is 346 g/mol. The SMILES string of the molecule is C[CH](C)[Ge]([Cl])([C]#C[Si](C)(C)C)[C]#C[Si](C)(C)C. The fourth-order valence-corrected chi connectivity index (χ4v) is 11.8. The van der Waals surface area contributed by atoms with E-state index >= 15 is 0 Å². The van der Waals surface area contributed by atoms with Gasteiger partial charge in [-0.05, 0) is 0 Å². The summed E-state index contributed by atoms with van der Waals surface area (Å²) in [4.78, 5) is 0. The van der Waals surface area contributed by atoms with Crippen LogP contribution in [-0.4, -0.2) is 28.5 Å². The fourth-order valence-electron chi connectivity index (χ4n) is 0.877. The van der Waals surface area contributed by atoms with Crippen molar-refractivity contribution in [2.24, 2.45) is 0 Å². The summed E-state index contributed by atoms with van der Waals surface area (Å²) in [5, 5.41) is 0. The molecule has 0 aliphatic heterocycles. The predicted octanol–water partition coefficient (Wildman–Crippen LogP) is 4.42. The molecule has 0 spiro atoms. The Morgan fingerprint density at radius 1 is 0.824 bits per heavy atom. The first-order valence-electron chi connectivity index (χ1n) is 6.13. The van der Waals surface area contributed by atoms with Gasteiger partial charge in [0, 0.05) is 0 Å². The molecule has 0 saturated carbocycles. The van der Waals surface area contributed by atoms with Gasteiger partial charge in [-0.3, -0.25) is 0 Å². The molecule has 0 fully saturated rings. The van der Waals surface area contributed by atoms with Gasteiger partial charge in [0.05, 0.1) is 0 Å². The van der Waals surface area contributed by atoms with Gasteiger partial charge in [-0.15, -0.1) is 0 Å². The molecule has 0 radical (unpaired) electrons. The zero-order valence-corrected chi connectivity index (χ0v) is 17.3. The second kappa shape index (κ2) is 6.02. The van der Waals surface area contributed by atoms with Gasteiger partial charge >= 0.3 is 117 Å². The molecule has 0 unspecified atom stereocenters. The molecule has 96 valence electrons. The van der Waals surface area contributed by atoms with Crippen LogP contribution in [0.15, 0.2) is 0 Å². The first-order chi connectivity index (χ1) is 7.36. The van der Waals surface area contributed by atoms with Gasteiger partial charge in [0.15, 0.2) is 0 Å². The summed E-state index contributed by atoms with van der Waals surface area (Å²) in [7, 11) is 4.09. The topological polar surface area (TPSA) is 0 Å². The zero-order chi connectivity index (χ0) is 13.9. The standard InChI is InChI=1S/C13H25ClGeSi2/c1-13(2)15(14,9-11-16(3,4)5)10-12-17(6,7)8/h13H,1-8H3. The first-order valence-corrected chi connectivity index (χ1v) is 19.2. The van der Waals surface area contributed by atoms with E-state index in [1.807, 2.05) is 0 Å². The molecule has 0 atom stereocenters. The number of hydrogen-bond acceptors (Lipinski definition) is 0. The van der Waals surface area contributed by atoms with E-state index in [0.29, 0.717) is 4.75 Å². The number of rotatable bonds is 1. The van der Waals surface area contributed by atoms with Gasteiger partial charge in [0.2, 0.25) is 0 Å². The molecule has 0 bridgehead atoms. The van der Waals surface area contributed by atoms with Crippen molar-refractivity contribution in [3.8, 4) is 20.6 Å². The third kappa shape index (κ3) is 8.16. The molecule has 0 aromatic carbocycles. The Kier molecular flexibility index (Phi) is 6.16. The molecule has 0 rings (SSSR count). The van der Waals surface area contributed by atoms with Gasteiger partial charge in [-0.25, -0.2) is 0 Å². The van der Waals surface area contributed by atoms with E-state index in [2.05, 4.69) is 73.7 Å². The van der Waals surface area contributed by atoms with E-state index in [4.69, 9.17) is 10.0 Å². The van der Waals surface area contributed by atoms with Crippen molar-refractivity contribution in [3.05, 3.63) is 0 Å². The molecular weight excluding hydrogens is 320 g/mol. The van der Waals surface area contributed by atoms with E-state index in [-0.39, 0.29) is 0 Å². The van der Waals surface area contributed by atoms with Crippen LogP contribution in [-0.2, 0) is 0 Å². The molecule has 0 aromatic rings. The Balaban J connectivity index is 5.31. The van der Waals surface area contributed by atoms with Crippen molar-refractivity contribution < 1.29 is 0 Å². The van der Waals surface area contributed by atoms with Crippen molar-refractivity contribution in [1.82, 2.24) is 0 Å². The quantitative estimate of drug-likeness (QED) is 0.487. The van der Waals surface area contributed by atoms with Crippen LogP contribution in [0.5, 0.6) is 0 Å². The van der Waals surface area contributed by atoms with E-state index in [1.54, 1.807) is 0 Å². The third-order valence-electron chi connectivity index (χ3n) is 2.03. The Hall–Kier alpha value is 0.387. The summed E-state index contributed by atoms with van der Waals surface area (Å²) in [6.07, 6.45) is 0. The van der Waals surface area contributed by atoms with Crippen LogP contribution in [0.4, 0.5) is 0 Å². The van der Waals surface area contributed by atoms with Gasteiger partial charge in [-0.1, -0.05) is 0 Å².